The summed E-state index contributed by atoms with van der Waals surface area (Å²) in [4.78, 5) is 11.9. The van der Waals surface area contributed by atoms with Crippen LogP contribution < -0.4 is 5.32 Å². The summed E-state index contributed by atoms with van der Waals surface area (Å²) in [5, 5.41) is 3.31. The van der Waals surface area contributed by atoms with E-state index in [0.29, 0.717) is 17.1 Å². The van der Waals surface area contributed by atoms with Gasteiger partial charge in [-0.3, -0.25) is 4.79 Å². The Morgan fingerprint density at radius 2 is 2.17 bits per heavy atom. The van der Waals surface area contributed by atoms with Crippen LogP contribution in [0.25, 0.3) is 0 Å². The van der Waals surface area contributed by atoms with E-state index >= 15 is 0 Å². The highest BCUT2D eigenvalue weighted by Crippen LogP contribution is 2.25. The van der Waals surface area contributed by atoms with Gasteiger partial charge in [-0.2, -0.15) is 0 Å². The molecule has 0 radical (unpaired) electrons. The Bertz CT molecular complexity index is 399. The largest absolute Gasteiger partial charge is 0.385 e. The molecule has 100 valence electrons. The molecule has 0 heterocycles. The van der Waals surface area contributed by atoms with E-state index in [4.69, 9.17) is 16.3 Å². The van der Waals surface area contributed by atoms with Gasteiger partial charge in [0.05, 0.1) is 10.6 Å². The van der Waals surface area contributed by atoms with Gasteiger partial charge in [-0.25, -0.2) is 0 Å². The molecule has 0 atom stereocenters. The van der Waals surface area contributed by atoms with E-state index in [1.54, 1.807) is 19.2 Å². The fourth-order valence-electron chi connectivity index (χ4n) is 1.52. The molecule has 0 aliphatic heterocycles. The van der Waals surface area contributed by atoms with Gasteiger partial charge in [0.15, 0.2) is 0 Å². The Morgan fingerprint density at radius 1 is 1.39 bits per heavy atom. The second kappa shape index (κ2) is 8.51. The molecule has 0 bridgehead atoms. The van der Waals surface area contributed by atoms with Gasteiger partial charge >= 0.3 is 0 Å². The van der Waals surface area contributed by atoms with E-state index in [-0.39, 0.29) is 5.91 Å². The zero-order valence-corrected chi connectivity index (χ0v) is 12.7. The summed E-state index contributed by atoms with van der Waals surface area (Å²) in [5.41, 5.74) is 0.503. The third-order valence-electron chi connectivity index (χ3n) is 2.51. The lowest BCUT2D eigenvalue weighted by Gasteiger charge is -2.07. The quantitative estimate of drug-likeness (QED) is 0.773. The first-order chi connectivity index (χ1) is 8.66. The molecule has 1 aromatic rings. The third kappa shape index (κ3) is 4.96. The number of ether oxygens (including phenoxy) is 1. The average molecular weight is 335 g/mol. The van der Waals surface area contributed by atoms with Crippen molar-refractivity contribution in [2.45, 2.75) is 19.3 Å². The SMILES string of the molecule is COCCCCCNC(=O)c1cccc(Br)c1Cl. The van der Waals surface area contributed by atoms with Crippen molar-refractivity contribution in [2.24, 2.45) is 0 Å². The zero-order valence-electron chi connectivity index (χ0n) is 10.3. The molecule has 0 aliphatic carbocycles. The van der Waals surface area contributed by atoms with Crippen molar-refractivity contribution in [3.05, 3.63) is 33.3 Å². The molecule has 1 amide bonds. The summed E-state index contributed by atoms with van der Waals surface area (Å²) in [7, 11) is 1.69. The Balaban J connectivity index is 2.35. The second-order valence-corrected chi connectivity index (χ2v) is 5.14. The van der Waals surface area contributed by atoms with Crippen molar-refractivity contribution in [3.63, 3.8) is 0 Å². The number of rotatable bonds is 7. The highest BCUT2D eigenvalue weighted by Gasteiger charge is 2.11. The van der Waals surface area contributed by atoms with Gasteiger partial charge in [-0.05, 0) is 47.3 Å². The number of hydrogen-bond acceptors (Lipinski definition) is 2. The van der Waals surface area contributed by atoms with Gasteiger partial charge in [0.25, 0.3) is 5.91 Å². The first-order valence-corrected chi connectivity index (χ1v) is 7.05. The molecule has 0 saturated heterocycles. The molecule has 18 heavy (non-hydrogen) atoms. The van der Waals surface area contributed by atoms with Crippen LogP contribution in [-0.4, -0.2) is 26.2 Å². The molecule has 1 N–H and O–H groups in total. The third-order valence-corrected chi connectivity index (χ3v) is 3.80. The predicted octanol–water partition coefficient (Wildman–Crippen LogP) is 3.65. The lowest BCUT2D eigenvalue weighted by Crippen LogP contribution is -2.24. The molecule has 0 saturated carbocycles. The fourth-order valence-corrected chi connectivity index (χ4v) is 2.10. The van der Waals surface area contributed by atoms with Crippen LogP contribution in [0, 0.1) is 0 Å². The van der Waals surface area contributed by atoms with Gasteiger partial charge < -0.3 is 10.1 Å². The van der Waals surface area contributed by atoms with E-state index < -0.39 is 0 Å². The van der Waals surface area contributed by atoms with Crippen molar-refractivity contribution >= 4 is 33.4 Å². The Morgan fingerprint density at radius 3 is 2.89 bits per heavy atom. The smallest absolute Gasteiger partial charge is 0.252 e. The Labute approximate surface area is 121 Å². The molecule has 0 fully saturated rings. The monoisotopic (exact) mass is 333 g/mol. The average Bonchev–Trinajstić information content (AvgIpc) is 2.36. The Kier molecular flexibility index (Phi) is 7.32. The highest BCUT2D eigenvalue weighted by atomic mass is 79.9. The van der Waals surface area contributed by atoms with Crippen LogP contribution in [0.2, 0.25) is 5.02 Å². The number of benzene rings is 1. The molecule has 0 aliphatic rings. The molecule has 1 aromatic carbocycles. The van der Waals surface area contributed by atoms with Gasteiger partial charge in [-0.1, -0.05) is 17.7 Å². The first kappa shape index (κ1) is 15.5. The maximum absolute atomic E-state index is 11.9. The van der Waals surface area contributed by atoms with Crippen molar-refractivity contribution < 1.29 is 9.53 Å². The predicted molar refractivity (Wildman–Crippen MR) is 77.2 cm³/mol. The summed E-state index contributed by atoms with van der Waals surface area (Å²) >= 11 is 9.34. The summed E-state index contributed by atoms with van der Waals surface area (Å²) < 4.78 is 5.69. The number of hydrogen-bond donors (Lipinski definition) is 1. The van der Waals surface area contributed by atoms with Crippen LogP contribution in [0.5, 0.6) is 0 Å². The fraction of sp³-hybridized carbons (Fsp3) is 0.462. The summed E-state index contributed by atoms with van der Waals surface area (Å²) in [6.45, 7) is 1.43. The van der Waals surface area contributed by atoms with Gasteiger partial charge in [0.1, 0.15) is 0 Å². The number of methoxy groups -OCH3 is 1. The highest BCUT2D eigenvalue weighted by molar-refractivity contribution is 9.10. The zero-order chi connectivity index (χ0) is 13.4. The minimum atomic E-state index is -0.131. The number of amides is 1. The lowest BCUT2D eigenvalue weighted by atomic mass is 10.2. The van der Waals surface area contributed by atoms with E-state index in [0.717, 1.165) is 30.3 Å². The van der Waals surface area contributed by atoms with Crippen LogP contribution in [0.1, 0.15) is 29.6 Å². The number of carbonyl (C=O) groups is 1. The number of unbranched alkanes of at least 4 members (excludes halogenated alkanes) is 2. The molecule has 5 heteroatoms. The minimum Gasteiger partial charge on any atom is -0.385 e. The Hall–Kier alpha value is -0.580. The maximum Gasteiger partial charge on any atom is 0.252 e. The van der Waals surface area contributed by atoms with Gasteiger partial charge in [0.2, 0.25) is 0 Å². The van der Waals surface area contributed by atoms with Crippen molar-refractivity contribution in [2.75, 3.05) is 20.3 Å². The number of nitrogens with one attached hydrogen (secondary N) is 1. The standard InChI is InChI=1S/C13H17BrClNO2/c1-18-9-4-2-3-8-16-13(17)10-6-5-7-11(14)12(10)15/h5-7H,2-4,8-9H2,1H3,(H,16,17). The van der Waals surface area contributed by atoms with Crippen molar-refractivity contribution in [3.8, 4) is 0 Å². The van der Waals surface area contributed by atoms with E-state index in [1.807, 2.05) is 6.07 Å². The summed E-state index contributed by atoms with van der Waals surface area (Å²) in [6, 6.07) is 5.32. The molecule has 3 nitrogen and oxygen atoms in total. The maximum atomic E-state index is 11.9. The van der Waals surface area contributed by atoms with Crippen LogP contribution in [0.15, 0.2) is 22.7 Å². The van der Waals surface area contributed by atoms with Crippen molar-refractivity contribution in [1.29, 1.82) is 0 Å². The molecular formula is C13H17BrClNO2. The molecule has 1 rings (SSSR count). The second-order valence-electron chi connectivity index (χ2n) is 3.91. The lowest BCUT2D eigenvalue weighted by molar-refractivity contribution is 0.0952. The number of halogens is 2. The van der Waals surface area contributed by atoms with E-state index in [1.165, 1.54) is 0 Å². The first-order valence-electron chi connectivity index (χ1n) is 5.88. The van der Waals surface area contributed by atoms with Crippen LogP contribution in [0.3, 0.4) is 0 Å². The van der Waals surface area contributed by atoms with Crippen molar-refractivity contribution in [1.82, 2.24) is 5.32 Å². The molecule has 0 spiro atoms. The van der Waals surface area contributed by atoms with Crippen LogP contribution >= 0.6 is 27.5 Å². The van der Waals surface area contributed by atoms with Gasteiger partial charge in [-0.15, -0.1) is 0 Å². The molecular weight excluding hydrogens is 318 g/mol. The van der Waals surface area contributed by atoms with E-state index in [2.05, 4.69) is 21.2 Å². The van der Waals surface area contributed by atoms with Crippen LogP contribution in [0.4, 0.5) is 0 Å². The summed E-state index contributed by atoms with van der Waals surface area (Å²) in [5.74, 6) is -0.131. The van der Waals surface area contributed by atoms with Crippen LogP contribution in [-0.2, 0) is 4.74 Å². The topological polar surface area (TPSA) is 38.3 Å². The number of carbonyl (C=O) groups excluding carboxylic acids is 1. The van der Waals surface area contributed by atoms with E-state index in [9.17, 15) is 4.79 Å². The minimum absolute atomic E-state index is 0.131. The molecule has 0 aromatic heterocycles. The van der Waals surface area contributed by atoms with Gasteiger partial charge in [0, 0.05) is 24.7 Å². The molecule has 0 unspecified atom stereocenters. The normalized spacial score (nSPS) is 10.4. The summed E-state index contributed by atoms with van der Waals surface area (Å²) in [6.07, 6.45) is 3.01.